The number of likely N-dealkylation sites (tertiary alicyclic amines) is 1. The van der Waals surface area contributed by atoms with Crippen LogP contribution in [-0.4, -0.2) is 29.8 Å². The number of carbonyl (C=O) groups is 1. The minimum absolute atomic E-state index is 0.317. The molecule has 2 heteroatoms. The molecule has 1 aliphatic rings. The quantitative estimate of drug-likeness (QED) is 0.732. The Bertz CT molecular complexity index is 225. The van der Waals surface area contributed by atoms with Crippen molar-refractivity contribution in [3.05, 3.63) is 0 Å². The lowest BCUT2D eigenvalue weighted by Crippen LogP contribution is -2.35. The maximum Gasteiger partial charge on any atom is 0.131 e. The minimum Gasteiger partial charge on any atom is -0.300 e. The molecule has 1 saturated heterocycles. The third-order valence-electron chi connectivity index (χ3n) is 3.96. The number of carbonyl (C=O) groups excluding carboxylic acids is 1. The molecular weight excluding hydrogens is 198 g/mol. The molecule has 0 aromatic rings. The largest absolute Gasteiger partial charge is 0.300 e. The van der Waals surface area contributed by atoms with E-state index in [9.17, 15) is 4.79 Å². The van der Waals surface area contributed by atoms with Crippen LogP contribution in [0.1, 0.15) is 53.4 Å². The van der Waals surface area contributed by atoms with E-state index in [4.69, 9.17) is 0 Å². The van der Waals surface area contributed by atoms with Crippen LogP contribution in [0.3, 0.4) is 0 Å². The van der Waals surface area contributed by atoms with E-state index in [0.717, 1.165) is 11.8 Å². The lowest BCUT2D eigenvalue weighted by molar-refractivity contribution is -0.118. The third-order valence-corrected chi connectivity index (χ3v) is 3.96. The number of ketones is 1. The summed E-state index contributed by atoms with van der Waals surface area (Å²) in [5, 5.41) is 0. The van der Waals surface area contributed by atoms with Gasteiger partial charge in [-0.15, -0.1) is 0 Å². The summed E-state index contributed by atoms with van der Waals surface area (Å²) in [4.78, 5) is 13.6. The van der Waals surface area contributed by atoms with Gasteiger partial charge in [0, 0.05) is 12.5 Å². The standard InChI is InChI=1S/C14H27NO/c1-11(2)14-6-5-8-15(9-7-14)12(3)10-13(4)16/h11-12,14H,5-10H2,1-4H3. The van der Waals surface area contributed by atoms with Crippen molar-refractivity contribution in [1.29, 1.82) is 0 Å². The van der Waals surface area contributed by atoms with Crippen LogP contribution in [0, 0.1) is 11.8 Å². The molecule has 0 N–H and O–H groups in total. The Morgan fingerprint density at radius 1 is 1.25 bits per heavy atom. The van der Waals surface area contributed by atoms with Gasteiger partial charge < -0.3 is 4.90 Å². The van der Waals surface area contributed by atoms with Crippen molar-refractivity contribution < 1.29 is 4.79 Å². The first-order valence-electron chi connectivity index (χ1n) is 6.74. The number of nitrogens with zero attached hydrogens (tertiary/aromatic N) is 1. The van der Waals surface area contributed by atoms with Gasteiger partial charge in [0.05, 0.1) is 0 Å². The predicted octanol–water partition coefficient (Wildman–Crippen LogP) is 3.11. The highest BCUT2D eigenvalue weighted by molar-refractivity contribution is 5.76. The predicted molar refractivity (Wildman–Crippen MR) is 68.5 cm³/mol. The molecule has 1 aliphatic heterocycles. The number of rotatable bonds is 4. The summed E-state index contributed by atoms with van der Waals surface area (Å²) in [6.45, 7) is 10.9. The molecular formula is C14H27NO. The van der Waals surface area contributed by atoms with Crippen LogP contribution in [0.15, 0.2) is 0 Å². The van der Waals surface area contributed by atoms with Crippen LogP contribution in [0.2, 0.25) is 0 Å². The van der Waals surface area contributed by atoms with E-state index >= 15 is 0 Å². The lowest BCUT2D eigenvalue weighted by Gasteiger charge is -2.27. The van der Waals surface area contributed by atoms with Crippen molar-refractivity contribution in [3.8, 4) is 0 Å². The number of hydrogen-bond acceptors (Lipinski definition) is 2. The SMILES string of the molecule is CC(=O)CC(C)N1CCCC(C(C)C)CC1. The van der Waals surface area contributed by atoms with Gasteiger partial charge in [0.2, 0.25) is 0 Å². The van der Waals surface area contributed by atoms with Gasteiger partial charge in [-0.2, -0.15) is 0 Å². The fourth-order valence-corrected chi connectivity index (χ4v) is 2.80. The topological polar surface area (TPSA) is 20.3 Å². The summed E-state index contributed by atoms with van der Waals surface area (Å²) >= 11 is 0. The molecule has 0 aliphatic carbocycles. The fourth-order valence-electron chi connectivity index (χ4n) is 2.80. The molecule has 0 spiro atoms. The second-order valence-corrected chi connectivity index (χ2v) is 5.73. The summed E-state index contributed by atoms with van der Waals surface area (Å²) < 4.78 is 0. The van der Waals surface area contributed by atoms with E-state index < -0.39 is 0 Å². The average Bonchev–Trinajstić information content (AvgIpc) is 2.41. The molecule has 94 valence electrons. The molecule has 2 unspecified atom stereocenters. The molecule has 0 saturated carbocycles. The van der Waals surface area contributed by atoms with E-state index in [0.29, 0.717) is 18.2 Å². The first-order chi connectivity index (χ1) is 7.50. The van der Waals surface area contributed by atoms with Gasteiger partial charge in [-0.1, -0.05) is 13.8 Å². The van der Waals surface area contributed by atoms with Crippen molar-refractivity contribution in [2.75, 3.05) is 13.1 Å². The summed E-state index contributed by atoms with van der Waals surface area (Å²) in [7, 11) is 0. The number of Topliss-reactive ketones (excluding diaryl/α,β-unsaturated/α-hetero) is 1. The zero-order valence-corrected chi connectivity index (χ0v) is 11.3. The van der Waals surface area contributed by atoms with Crippen LogP contribution >= 0.6 is 0 Å². The molecule has 0 aromatic carbocycles. The summed E-state index contributed by atoms with van der Waals surface area (Å²) in [5.74, 6) is 2.01. The van der Waals surface area contributed by atoms with Gasteiger partial charge in [-0.25, -0.2) is 0 Å². The lowest BCUT2D eigenvalue weighted by atomic mass is 9.89. The minimum atomic E-state index is 0.317. The Labute approximate surface area is 100 Å². The molecule has 1 fully saturated rings. The molecule has 0 radical (unpaired) electrons. The van der Waals surface area contributed by atoms with Crippen LogP contribution in [-0.2, 0) is 4.79 Å². The molecule has 0 bridgehead atoms. The van der Waals surface area contributed by atoms with Crippen molar-refractivity contribution in [2.24, 2.45) is 11.8 Å². The van der Waals surface area contributed by atoms with Crippen molar-refractivity contribution in [3.63, 3.8) is 0 Å². The van der Waals surface area contributed by atoms with E-state index in [1.54, 1.807) is 6.92 Å². The zero-order valence-electron chi connectivity index (χ0n) is 11.3. The van der Waals surface area contributed by atoms with Gasteiger partial charge in [-0.05, 0) is 58.0 Å². The van der Waals surface area contributed by atoms with Crippen molar-refractivity contribution in [1.82, 2.24) is 4.90 Å². The summed E-state index contributed by atoms with van der Waals surface area (Å²) in [6.07, 6.45) is 4.68. The molecule has 16 heavy (non-hydrogen) atoms. The number of hydrogen-bond donors (Lipinski definition) is 0. The van der Waals surface area contributed by atoms with Crippen LogP contribution in [0.5, 0.6) is 0 Å². The van der Waals surface area contributed by atoms with Crippen LogP contribution in [0.4, 0.5) is 0 Å². The Morgan fingerprint density at radius 3 is 2.50 bits per heavy atom. The van der Waals surface area contributed by atoms with Gasteiger partial charge >= 0.3 is 0 Å². The second kappa shape index (κ2) is 6.39. The highest BCUT2D eigenvalue weighted by Gasteiger charge is 2.22. The van der Waals surface area contributed by atoms with E-state index in [-0.39, 0.29) is 0 Å². The van der Waals surface area contributed by atoms with E-state index in [2.05, 4.69) is 25.7 Å². The molecule has 1 rings (SSSR count). The smallest absolute Gasteiger partial charge is 0.131 e. The van der Waals surface area contributed by atoms with Gasteiger partial charge in [0.1, 0.15) is 5.78 Å². The van der Waals surface area contributed by atoms with Crippen molar-refractivity contribution >= 4 is 5.78 Å². The van der Waals surface area contributed by atoms with Gasteiger partial charge in [0.25, 0.3) is 0 Å². The summed E-state index contributed by atoms with van der Waals surface area (Å²) in [5.41, 5.74) is 0. The Hall–Kier alpha value is -0.370. The van der Waals surface area contributed by atoms with E-state index in [1.165, 1.54) is 32.4 Å². The van der Waals surface area contributed by atoms with E-state index in [1.807, 2.05) is 0 Å². The molecule has 2 nitrogen and oxygen atoms in total. The van der Waals surface area contributed by atoms with Crippen molar-refractivity contribution in [2.45, 2.75) is 59.4 Å². The second-order valence-electron chi connectivity index (χ2n) is 5.73. The summed E-state index contributed by atoms with van der Waals surface area (Å²) in [6, 6.07) is 0.434. The monoisotopic (exact) mass is 225 g/mol. The molecule has 0 aromatic heterocycles. The highest BCUT2D eigenvalue weighted by atomic mass is 16.1. The normalized spacial score (nSPS) is 25.4. The highest BCUT2D eigenvalue weighted by Crippen LogP contribution is 2.25. The van der Waals surface area contributed by atoms with Gasteiger partial charge in [-0.3, -0.25) is 4.79 Å². The average molecular weight is 225 g/mol. The zero-order chi connectivity index (χ0) is 12.1. The maximum absolute atomic E-state index is 11.1. The third kappa shape index (κ3) is 4.25. The Kier molecular flexibility index (Phi) is 5.47. The first-order valence-corrected chi connectivity index (χ1v) is 6.74. The Balaban J connectivity index is 2.43. The Morgan fingerprint density at radius 2 is 1.94 bits per heavy atom. The van der Waals surface area contributed by atoms with Crippen LogP contribution < -0.4 is 0 Å². The first kappa shape index (κ1) is 13.7. The van der Waals surface area contributed by atoms with Gasteiger partial charge in [0.15, 0.2) is 0 Å². The molecule has 2 atom stereocenters. The molecule has 1 heterocycles. The molecule has 0 amide bonds. The fraction of sp³-hybridized carbons (Fsp3) is 0.929. The van der Waals surface area contributed by atoms with Crippen LogP contribution in [0.25, 0.3) is 0 Å². The maximum atomic E-state index is 11.1.